The highest BCUT2D eigenvalue weighted by atomic mass is 32.1. The Balaban J connectivity index is 1.43. The average molecular weight is 446 g/mol. The van der Waals surface area contributed by atoms with Crippen molar-refractivity contribution >= 4 is 28.8 Å². The molecule has 4 aromatic rings. The minimum absolute atomic E-state index is 0.0203. The second-order valence-electron chi connectivity index (χ2n) is 7.06. The van der Waals surface area contributed by atoms with E-state index in [-0.39, 0.29) is 11.8 Å². The number of thiazole rings is 1. The van der Waals surface area contributed by atoms with E-state index in [1.54, 1.807) is 45.4 Å². The number of para-hydroxylation sites is 1. The molecule has 1 N–H and O–H groups in total. The van der Waals surface area contributed by atoms with Gasteiger partial charge in [-0.3, -0.25) is 9.59 Å². The molecule has 0 aliphatic rings. The van der Waals surface area contributed by atoms with Crippen LogP contribution in [0.15, 0.2) is 72.4 Å². The van der Waals surface area contributed by atoms with Crippen molar-refractivity contribution in [2.45, 2.75) is 13.8 Å². The van der Waals surface area contributed by atoms with Gasteiger partial charge >= 0.3 is 0 Å². The lowest BCUT2D eigenvalue weighted by molar-refractivity contribution is 0.0773. The molecule has 2 heterocycles. The standard InChI is InChI=1S/C24H23N5O2S/c1-3-28(4-2)24(31)17-10-12-19(13-11-17)26-22(30)21-16-32-23(27-21)18-14-25-29(15-18)20-8-6-5-7-9-20/h5-16H,3-4H2,1-2H3,(H,26,30). The third kappa shape index (κ3) is 4.60. The summed E-state index contributed by atoms with van der Waals surface area (Å²) >= 11 is 1.39. The Morgan fingerprint density at radius 2 is 1.75 bits per heavy atom. The molecular formula is C24H23N5O2S. The molecule has 0 fully saturated rings. The first kappa shape index (κ1) is 21.5. The van der Waals surface area contributed by atoms with E-state index in [2.05, 4.69) is 15.4 Å². The third-order valence-electron chi connectivity index (χ3n) is 5.03. The van der Waals surface area contributed by atoms with Gasteiger partial charge in [0.1, 0.15) is 10.7 Å². The van der Waals surface area contributed by atoms with Gasteiger partial charge in [0.25, 0.3) is 11.8 Å². The van der Waals surface area contributed by atoms with Crippen LogP contribution in [0.4, 0.5) is 5.69 Å². The summed E-state index contributed by atoms with van der Waals surface area (Å²) in [4.78, 5) is 31.3. The minimum atomic E-state index is -0.300. The van der Waals surface area contributed by atoms with E-state index in [1.807, 2.05) is 50.4 Å². The SMILES string of the molecule is CCN(CC)C(=O)c1ccc(NC(=O)c2csc(-c3cnn(-c4ccccc4)c3)n2)cc1. The largest absolute Gasteiger partial charge is 0.339 e. The molecular weight excluding hydrogens is 422 g/mol. The molecule has 0 unspecified atom stereocenters. The zero-order chi connectivity index (χ0) is 22.5. The summed E-state index contributed by atoms with van der Waals surface area (Å²) in [7, 11) is 0. The highest BCUT2D eigenvalue weighted by Crippen LogP contribution is 2.25. The Labute approximate surface area is 190 Å². The first-order chi connectivity index (χ1) is 15.6. The summed E-state index contributed by atoms with van der Waals surface area (Å²) in [5, 5.41) is 9.67. The number of rotatable bonds is 7. The molecule has 2 amide bonds. The molecule has 0 atom stereocenters. The molecule has 0 aliphatic carbocycles. The average Bonchev–Trinajstić information content (AvgIpc) is 3.51. The summed E-state index contributed by atoms with van der Waals surface area (Å²) in [5.74, 6) is -0.321. The van der Waals surface area contributed by atoms with Crippen LogP contribution >= 0.6 is 11.3 Å². The maximum absolute atomic E-state index is 12.6. The molecule has 0 bridgehead atoms. The van der Waals surface area contributed by atoms with Crippen LogP contribution in [0.3, 0.4) is 0 Å². The molecule has 2 aromatic heterocycles. The summed E-state index contributed by atoms with van der Waals surface area (Å²) in [6, 6.07) is 16.7. The van der Waals surface area contributed by atoms with Gasteiger partial charge in [0, 0.05) is 41.5 Å². The maximum atomic E-state index is 12.6. The van der Waals surface area contributed by atoms with Gasteiger partial charge in [0.05, 0.1) is 11.9 Å². The van der Waals surface area contributed by atoms with Crippen molar-refractivity contribution in [2.24, 2.45) is 0 Å². The molecule has 32 heavy (non-hydrogen) atoms. The Kier molecular flexibility index (Phi) is 6.42. The van der Waals surface area contributed by atoms with Crippen molar-refractivity contribution in [3.8, 4) is 16.3 Å². The van der Waals surface area contributed by atoms with E-state index in [4.69, 9.17) is 0 Å². The first-order valence-electron chi connectivity index (χ1n) is 10.4. The zero-order valence-electron chi connectivity index (χ0n) is 17.9. The van der Waals surface area contributed by atoms with Gasteiger partial charge in [-0.05, 0) is 50.2 Å². The number of anilines is 1. The van der Waals surface area contributed by atoms with Gasteiger partial charge in [-0.2, -0.15) is 5.10 Å². The van der Waals surface area contributed by atoms with Gasteiger partial charge < -0.3 is 10.2 Å². The molecule has 2 aromatic carbocycles. The normalized spacial score (nSPS) is 10.7. The fourth-order valence-electron chi connectivity index (χ4n) is 3.25. The second-order valence-corrected chi connectivity index (χ2v) is 7.91. The van der Waals surface area contributed by atoms with Gasteiger partial charge in [-0.25, -0.2) is 9.67 Å². The molecule has 0 spiro atoms. The number of benzene rings is 2. The monoisotopic (exact) mass is 445 g/mol. The molecule has 0 radical (unpaired) electrons. The van der Waals surface area contributed by atoms with Crippen LogP contribution in [0.1, 0.15) is 34.7 Å². The molecule has 8 heteroatoms. The highest BCUT2D eigenvalue weighted by molar-refractivity contribution is 7.13. The van der Waals surface area contributed by atoms with Crippen LogP contribution in [-0.4, -0.2) is 44.6 Å². The third-order valence-corrected chi connectivity index (χ3v) is 5.92. The smallest absolute Gasteiger partial charge is 0.275 e. The van der Waals surface area contributed by atoms with E-state index in [0.717, 1.165) is 16.3 Å². The number of amides is 2. The molecule has 4 rings (SSSR count). The number of nitrogens with one attached hydrogen (secondary N) is 1. The Morgan fingerprint density at radius 3 is 2.44 bits per heavy atom. The Hall–Kier alpha value is -3.78. The molecule has 162 valence electrons. The molecule has 0 saturated heterocycles. The van der Waals surface area contributed by atoms with E-state index < -0.39 is 0 Å². The summed E-state index contributed by atoms with van der Waals surface area (Å²) in [6.07, 6.45) is 3.63. The highest BCUT2D eigenvalue weighted by Gasteiger charge is 2.15. The van der Waals surface area contributed by atoms with Crippen LogP contribution in [-0.2, 0) is 0 Å². The van der Waals surface area contributed by atoms with Gasteiger partial charge in [-0.15, -0.1) is 11.3 Å². The Bertz CT molecular complexity index is 1210. The number of aromatic nitrogens is 3. The van der Waals surface area contributed by atoms with Crippen molar-refractivity contribution in [2.75, 3.05) is 18.4 Å². The molecule has 7 nitrogen and oxygen atoms in total. The summed E-state index contributed by atoms with van der Waals surface area (Å²) < 4.78 is 1.78. The number of carbonyl (C=O) groups is 2. The van der Waals surface area contributed by atoms with Crippen molar-refractivity contribution in [3.05, 3.63) is 83.6 Å². The van der Waals surface area contributed by atoms with E-state index >= 15 is 0 Å². The quantitative estimate of drug-likeness (QED) is 0.446. The van der Waals surface area contributed by atoms with Crippen molar-refractivity contribution in [1.29, 1.82) is 0 Å². The van der Waals surface area contributed by atoms with Gasteiger partial charge in [0.2, 0.25) is 0 Å². The number of nitrogens with zero attached hydrogens (tertiary/aromatic N) is 4. The minimum Gasteiger partial charge on any atom is -0.339 e. The van der Waals surface area contributed by atoms with Crippen molar-refractivity contribution < 1.29 is 9.59 Å². The van der Waals surface area contributed by atoms with Crippen LogP contribution in [0.2, 0.25) is 0 Å². The zero-order valence-corrected chi connectivity index (χ0v) is 18.7. The van der Waals surface area contributed by atoms with Crippen LogP contribution < -0.4 is 5.32 Å². The molecule has 0 saturated carbocycles. The lowest BCUT2D eigenvalue weighted by Crippen LogP contribution is -2.30. The van der Waals surface area contributed by atoms with E-state index in [9.17, 15) is 9.59 Å². The van der Waals surface area contributed by atoms with Crippen molar-refractivity contribution in [3.63, 3.8) is 0 Å². The van der Waals surface area contributed by atoms with Crippen LogP contribution in [0.5, 0.6) is 0 Å². The van der Waals surface area contributed by atoms with Gasteiger partial charge in [-0.1, -0.05) is 18.2 Å². The van der Waals surface area contributed by atoms with E-state index in [1.165, 1.54) is 11.3 Å². The van der Waals surface area contributed by atoms with Gasteiger partial charge in [0.15, 0.2) is 0 Å². The predicted molar refractivity (Wildman–Crippen MR) is 126 cm³/mol. The summed E-state index contributed by atoms with van der Waals surface area (Å²) in [5.41, 5.74) is 3.34. The number of carbonyl (C=O) groups excluding carboxylic acids is 2. The lowest BCUT2D eigenvalue weighted by atomic mass is 10.1. The first-order valence-corrected chi connectivity index (χ1v) is 11.2. The van der Waals surface area contributed by atoms with Crippen LogP contribution in [0, 0.1) is 0 Å². The number of hydrogen-bond acceptors (Lipinski definition) is 5. The topological polar surface area (TPSA) is 80.1 Å². The fraction of sp³-hybridized carbons (Fsp3) is 0.167. The van der Waals surface area contributed by atoms with Crippen molar-refractivity contribution in [1.82, 2.24) is 19.7 Å². The second kappa shape index (κ2) is 9.57. The van der Waals surface area contributed by atoms with Crippen LogP contribution in [0.25, 0.3) is 16.3 Å². The van der Waals surface area contributed by atoms with E-state index in [0.29, 0.717) is 30.0 Å². The maximum Gasteiger partial charge on any atom is 0.275 e. The Morgan fingerprint density at radius 1 is 1.03 bits per heavy atom. The fourth-order valence-corrected chi connectivity index (χ4v) is 4.03. The molecule has 0 aliphatic heterocycles. The lowest BCUT2D eigenvalue weighted by Gasteiger charge is -2.18. The number of hydrogen-bond donors (Lipinski definition) is 1. The predicted octanol–water partition coefficient (Wildman–Crippen LogP) is 4.73. The summed E-state index contributed by atoms with van der Waals surface area (Å²) in [6.45, 7) is 5.21.